The Bertz CT molecular complexity index is 391. The van der Waals surface area contributed by atoms with Crippen LogP contribution in [-0.2, 0) is 11.5 Å². The summed E-state index contributed by atoms with van der Waals surface area (Å²) in [5.74, 6) is -0.440. The summed E-state index contributed by atoms with van der Waals surface area (Å²) in [6, 6.07) is 5.85. The molecule has 0 radical (unpaired) electrons. The quantitative estimate of drug-likeness (QED) is 0.448. The van der Waals surface area contributed by atoms with E-state index >= 15 is 0 Å². The second-order valence-corrected chi connectivity index (χ2v) is 3.13. The van der Waals surface area contributed by atoms with E-state index in [2.05, 4.69) is 21.1 Å². The Balaban J connectivity index is 2.54. The Morgan fingerprint density at radius 2 is 1.88 bits per heavy atom. The number of carbonyl (C=O) groups excluding carboxylic acids is 2. The molecule has 17 heavy (non-hydrogen) atoms. The fourth-order valence-electron chi connectivity index (χ4n) is 1.08. The van der Waals surface area contributed by atoms with Crippen LogP contribution in [0.2, 0.25) is 0 Å². The predicted octanol–water partition coefficient (Wildman–Crippen LogP) is 0.250. The van der Waals surface area contributed by atoms with E-state index in [9.17, 15) is 9.59 Å². The first-order chi connectivity index (χ1) is 8.17. The molecule has 0 fully saturated rings. The molecule has 0 aromatic heterocycles. The van der Waals surface area contributed by atoms with Crippen molar-refractivity contribution in [2.75, 3.05) is 7.05 Å². The number of hydrazine groups is 1. The number of carbonyl (C=O) groups is 2. The zero-order chi connectivity index (χ0) is 12.7. The molecule has 92 valence electrons. The highest BCUT2D eigenvalue weighted by atomic mass is 17.1. The normalized spacial score (nSPS) is 9.53. The van der Waals surface area contributed by atoms with Crippen LogP contribution in [0.3, 0.4) is 0 Å². The van der Waals surface area contributed by atoms with E-state index in [-0.39, 0.29) is 6.61 Å². The number of rotatable bonds is 3. The van der Waals surface area contributed by atoms with Crippen molar-refractivity contribution in [3.05, 3.63) is 35.4 Å². The van der Waals surface area contributed by atoms with E-state index in [4.69, 9.17) is 5.26 Å². The van der Waals surface area contributed by atoms with Crippen molar-refractivity contribution in [1.29, 1.82) is 0 Å². The second-order valence-electron chi connectivity index (χ2n) is 3.13. The van der Waals surface area contributed by atoms with Gasteiger partial charge < -0.3 is 5.32 Å². The van der Waals surface area contributed by atoms with Gasteiger partial charge in [-0.15, -0.1) is 0 Å². The summed E-state index contributed by atoms with van der Waals surface area (Å²) in [4.78, 5) is 26.3. The monoisotopic (exact) mass is 239 g/mol. The average molecular weight is 239 g/mol. The first kappa shape index (κ1) is 12.9. The summed E-state index contributed by atoms with van der Waals surface area (Å²) in [5, 5.41) is 10.5. The van der Waals surface area contributed by atoms with Gasteiger partial charge in [-0.2, -0.15) is 0 Å². The van der Waals surface area contributed by atoms with Crippen LogP contribution in [0.1, 0.15) is 15.9 Å². The Kier molecular flexibility index (Phi) is 4.92. The largest absolute Gasteiger partial charge is 0.340 e. The lowest BCUT2D eigenvalue weighted by Gasteiger charge is -2.06. The summed E-state index contributed by atoms with van der Waals surface area (Å²) >= 11 is 0. The Morgan fingerprint density at radius 3 is 2.41 bits per heavy atom. The van der Waals surface area contributed by atoms with Gasteiger partial charge in [0, 0.05) is 12.6 Å². The summed E-state index contributed by atoms with van der Waals surface area (Å²) in [7, 11) is 1.44. The van der Waals surface area contributed by atoms with Gasteiger partial charge in [0.15, 0.2) is 0 Å². The fourth-order valence-corrected chi connectivity index (χ4v) is 1.08. The molecule has 4 N–H and O–H groups in total. The minimum atomic E-state index is -0.511. The lowest BCUT2D eigenvalue weighted by molar-refractivity contribution is -0.253. The van der Waals surface area contributed by atoms with E-state index in [1.807, 2.05) is 0 Å². The first-order valence-electron chi connectivity index (χ1n) is 4.80. The van der Waals surface area contributed by atoms with Gasteiger partial charge in [-0.25, -0.2) is 15.1 Å². The van der Waals surface area contributed by atoms with Crippen LogP contribution in [0, 0.1) is 0 Å². The average Bonchev–Trinajstić information content (AvgIpc) is 2.36. The molecule has 1 rings (SSSR count). The van der Waals surface area contributed by atoms with Crippen molar-refractivity contribution in [3.63, 3.8) is 0 Å². The van der Waals surface area contributed by atoms with Gasteiger partial charge in [-0.1, -0.05) is 12.1 Å². The molecule has 0 aliphatic rings. The second kappa shape index (κ2) is 6.46. The van der Waals surface area contributed by atoms with Crippen LogP contribution in [0.5, 0.6) is 0 Å². The number of hydrogen-bond donors (Lipinski definition) is 4. The van der Waals surface area contributed by atoms with Gasteiger partial charge in [0.25, 0.3) is 5.91 Å². The zero-order valence-electron chi connectivity index (χ0n) is 9.19. The predicted molar refractivity (Wildman–Crippen MR) is 58.9 cm³/mol. The lowest BCUT2D eigenvalue weighted by Crippen LogP contribution is -2.45. The van der Waals surface area contributed by atoms with E-state index in [0.29, 0.717) is 5.56 Å². The summed E-state index contributed by atoms with van der Waals surface area (Å²) in [5.41, 5.74) is 5.48. The number of nitrogens with one attached hydrogen (secondary N) is 3. The zero-order valence-corrected chi connectivity index (χ0v) is 9.19. The van der Waals surface area contributed by atoms with Crippen LogP contribution < -0.4 is 16.2 Å². The van der Waals surface area contributed by atoms with E-state index in [1.165, 1.54) is 7.05 Å². The fraction of sp³-hybridized carbons (Fsp3) is 0.200. The van der Waals surface area contributed by atoms with Crippen molar-refractivity contribution in [2.45, 2.75) is 6.61 Å². The van der Waals surface area contributed by atoms with Crippen LogP contribution in [0.15, 0.2) is 24.3 Å². The molecule has 1 aromatic carbocycles. The molecular weight excluding hydrogens is 226 g/mol. The Hall–Kier alpha value is -2.12. The highest BCUT2D eigenvalue weighted by Gasteiger charge is 2.05. The molecule has 1 aromatic rings. The van der Waals surface area contributed by atoms with Crippen LogP contribution in [0.25, 0.3) is 0 Å². The van der Waals surface area contributed by atoms with E-state index < -0.39 is 11.9 Å². The summed E-state index contributed by atoms with van der Waals surface area (Å²) in [6.45, 7) is 0.0540. The van der Waals surface area contributed by atoms with Gasteiger partial charge in [0.2, 0.25) is 0 Å². The summed E-state index contributed by atoms with van der Waals surface area (Å²) < 4.78 is 0. The Morgan fingerprint density at radius 1 is 1.24 bits per heavy atom. The number of hydrogen-bond acceptors (Lipinski definition) is 4. The lowest BCUT2D eigenvalue weighted by atomic mass is 10.1. The molecule has 0 aliphatic heterocycles. The van der Waals surface area contributed by atoms with Gasteiger partial charge in [-0.05, 0) is 17.7 Å². The maximum atomic E-state index is 11.5. The molecule has 0 heterocycles. The van der Waals surface area contributed by atoms with Crippen molar-refractivity contribution in [3.8, 4) is 0 Å². The third-order valence-electron chi connectivity index (χ3n) is 1.96. The minimum Gasteiger partial charge on any atom is -0.340 e. The van der Waals surface area contributed by atoms with E-state index in [0.717, 1.165) is 5.56 Å². The van der Waals surface area contributed by atoms with Crippen molar-refractivity contribution >= 4 is 11.9 Å². The molecule has 7 heteroatoms. The molecule has 0 bridgehead atoms. The van der Waals surface area contributed by atoms with E-state index in [1.54, 1.807) is 24.3 Å². The molecule has 0 spiro atoms. The molecule has 0 saturated carbocycles. The topological polar surface area (TPSA) is 99.7 Å². The Labute approximate surface area is 97.7 Å². The third kappa shape index (κ3) is 4.09. The molecule has 0 aliphatic carbocycles. The van der Waals surface area contributed by atoms with Crippen molar-refractivity contribution in [1.82, 2.24) is 16.2 Å². The first-order valence-corrected chi connectivity index (χ1v) is 4.80. The number of urea groups is 1. The SMILES string of the molecule is CNC(=O)NNC(=O)c1ccc(COO)cc1. The highest BCUT2D eigenvalue weighted by molar-refractivity contribution is 5.95. The smallest absolute Gasteiger partial charge is 0.333 e. The van der Waals surface area contributed by atoms with Gasteiger partial charge in [0.1, 0.15) is 6.61 Å². The number of benzene rings is 1. The molecule has 0 atom stereocenters. The minimum absolute atomic E-state index is 0.0540. The molecule has 0 unspecified atom stereocenters. The van der Waals surface area contributed by atoms with Crippen molar-refractivity contribution in [2.24, 2.45) is 0 Å². The number of amides is 3. The van der Waals surface area contributed by atoms with Crippen LogP contribution in [0.4, 0.5) is 4.79 Å². The maximum Gasteiger partial charge on any atom is 0.333 e. The molecule has 7 nitrogen and oxygen atoms in total. The standard InChI is InChI=1S/C10H13N3O4/c1-11-10(15)13-12-9(14)8-4-2-7(3-5-8)6-17-16/h2-5,16H,6H2,1H3,(H,12,14)(H2,11,13,15). The van der Waals surface area contributed by atoms with Gasteiger partial charge in [-0.3, -0.25) is 15.5 Å². The summed E-state index contributed by atoms with van der Waals surface area (Å²) in [6.07, 6.45) is 0. The highest BCUT2D eigenvalue weighted by Crippen LogP contribution is 2.04. The molecule has 0 saturated heterocycles. The van der Waals surface area contributed by atoms with Gasteiger partial charge >= 0.3 is 6.03 Å². The molecule has 3 amide bonds. The third-order valence-corrected chi connectivity index (χ3v) is 1.96. The van der Waals surface area contributed by atoms with Crippen LogP contribution >= 0.6 is 0 Å². The van der Waals surface area contributed by atoms with Gasteiger partial charge in [0.05, 0.1) is 0 Å². The van der Waals surface area contributed by atoms with Crippen LogP contribution in [-0.4, -0.2) is 24.2 Å². The maximum absolute atomic E-state index is 11.5. The molecular formula is C10H13N3O4. The van der Waals surface area contributed by atoms with Crippen molar-refractivity contribution < 1.29 is 19.7 Å².